The molecule has 37 heavy (non-hydrogen) atoms. The van der Waals surface area contributed by atoms with E-state index in [0.29, 0.717) is 5.75 Å². The summed E-state index contributed by atoms with van der Waals surface area (Å²) in [5.74, 6) is 0.341. The van der Waals surface area contributed by atoms with Gasteiger partial charge < -0.3 is 14.7 Å². The van der Waals surface area contributed by atoms with Crippen LogP contribution in [0, 0.1) is 0 Å². The quantitative estimate of drug-likeness (QED) is 0.145. The molecule has 0 saturated heterocycles. The van der Waals surface area contributed by atoms with Gasteiger partial charge in [0, 0.05) is 5.39 Å². The molecule has 0 bridgehead atoms. The van der Waals surface area contributed by atoms with Gasteiger partial charge in [-0.05, 0) is 69.4 Å². The molecule has 182 valence electrons. The van der Waals surface area contributed by atoms with E-state index < -0.39 is 14.6 Å². The molecule has 6 aromatic carbocycles. The maximum absolute atomic E-state index is 10.9. The summed E-state index contributed by atoms with van der Waals surface area (Å²) >= 11 is 0. The smallest absolute Gasteiger partial charge is 0.133 e. The van der Waals surface area contributed by atoms with Crippen LogP contribution >= 0.6 is 7.26 Å². The molecule has 6 rings (SSSR count). The van der Waals surface area contributed by atoms with Gasteiger partial charge in [-0.3, -0.25) is 0 Å². The van der Waals surface area contributed by atoms with Gasteiger partial charge in [0.05, 0.1) is 31.2 Å². The molecule has 0 spiro atoms. The minimum atomic E-state index is -2.33. The lowest BCUT2D eigenvalue weighted by molar-refractivity contribution is -0.372. The molecular formula is C32H27BO3P-. The molecule has 0 saturated carbocycles. The van der Waals surface area contributed by atoms with Crippen molar-refractivity contribution in [3.63, 3.8) is 0 Å². The Kier molecular flexibility index (Phi) is 7.25. The van der Waals surface area contributed by atoms with E-state index >= 15 is 0 Å². The lowest BCUT2D eigenvalue weighted by Crippen LogP contribution is -2.50. The Morgan fingerprint density at radius 1 is 0.541 bits per heavy atom. The van der Waals surface area contributed by atoms with Gasteiger partial charge in [0.15, 0.2) is 0 Å². The van der Waals surface area contributed by atoms with E-state index in [4.69, 9.17) is 4.65 Å². The average Bonchev–Trinajstić information content (AvgIpc) is 2.93. The molecule has 0 aromatic heterocycles. The van der Waals surface area contributed by atoms with Gasteiger partial charge in [0.1, 0.15) is 13.1 Å². The van der Waals surface area contributed by atoms with Gasteiger partial charge in [-0.25, -0.2) is 0 Å². The first-order chi connectivity index (χ1) is 17.9. The first-order valence-electron chi connectivity index (χ1n) is 12.2. The largest absolute Gasteiger partial charge is 0.860 e. The van der Waals surface area contributed by atoms with Crippen molar-refractivity contribution in [1.82, 2.24) is 0 Å². The molecule has 0 aliphatic rings. The Morgan fingerprint density at radius 3 is 1.65 bits per heavy atom. The highest BCUT2D eigenvalue weighted by molar-refractivity contribution is 7.88. The summed E-state index contributed by atoms with van der Waals surface area (Å²) in [5.41, 5.74) is 0. The topological polar surface area (TPSA) is 55.3 Å². The van der Waals surface area contributed by atoms with Crippen LogP contribution in [0.25, 0.3) is 32.3 Å². The van der Waals surface area contributed by atoms with Gasteiger partial charge in [0.25, 0.3) is 0 Å². The average molecular weight is 501 g/mol. The van der Waals surface area contributed by atoms with E-state index in [2.05, 4.69) is 92.2 Å². The van der Waals surface area contributed by atoms with Crippen LogP contribution in [0.4, 0.5) is 0 Å². The Morgan fingerprint density at radius 2 is 1.05 bits per heavy atom. The summed E-state index contributed by atoms with van der Waals surface area (Å²) in [5, 5.41) is 30.8. The predicted octanol–water partition coefficient (Wildman–Crippen LogP) is 5.15. The third kappa shape index (κ3) is 5.38. The zero-order valence-electron chi connectivity index (χ0n) is 20.9. The highest BCUT2D eigenvalue weighted by Gasteiger charge is 2.30. The Balaban J connectivity index is 0.000000164. The standard InChI is InChI=1S/C18H11BO3.C14H16P/c20-19(21)22-17-7-3-6-12-8-9-15-10-13-4-1-2-5-14(13)11-16(15)18(12)17;1-15(2,13-9-5-3-6-10-13)14-11-7-4-8-12-14/h1-11H;3-12H,1-2H3/q-2;+1. The Hall–Kier alpha value is -3.69. The van der Waals surface area contributed by atoms with E-state index in [9.17, 15) is 10.0 Å². The Labute approximate surface area is 218 Å². The molecule has 5 heteroatoms. The van der Waals surface area contributed by atoms with Gasteiger partial charge in [-0.15, -0.1) is 0 Å². The summed E-state index contributed by atoms with van der Waals surface area (Å²) < 4.78 is 4.94. The minimum Gasteiger partial charge on any atom is -0.860 e. The molecule has 0 fully saturated rings. The minimum absolute atomic E-state index is 0.341. The summed E-state index contributed by atoms with van der Waals surface area (Å²) in [4.78, 5) is 0. The Bertz CT molecular complexity index is 1610. The molecule has 0 aliphatic heterocycles. The molecule has 0 radical (unpaired) electrons. The lowest BCUT2D eigenvalue weighted by atomic mass is 9.97. The van der Waals surface area contributed by atoms with Crippen molar-refractivity contribution in [2.24, 2.45) is 0 Å². The fourth-order valence-corrected chi connectivity index (χ4v) is 6.85. The van der Waals surface area contributed by atoms with Crippen LogP contribution < -0.4 is 25.3 Å². The van der Waals surface area contributed by atoms with Gasteiger partial charge in [0.2, 0.25) is 0 Å². The van der Waals surface area contributed by atoms with Crippen molar-refractivity contribution in [3.8, 4) is 5.75 Å². The van der Waals surface area contributed by atoms with Crippen molar-refractivity contribution < 1.29 is 14.7 Å². The van der Waals surface area contributed by atoms with Gasteiger partial charge in [-0.1, -0.05) is 84.9 Å². The third-order valence-electron chi connectivity index (χ3n) is 6.71. The van der Waals surface area contributed by atoms with E-state index in [1.807, 2.05) is 36.4 Å². The summed E-state index contributed by atoms with van der Waals surface area (Å²) in [6.45, 7) is 4.75. The van der Waals surface area contributed by atoms with Crippen molar-refractivity contribution >= 4 is 57.5 Å². The van der Waals surface area contributed by atoms with Crippen LogP contribution in [0.2, 0.25) is 0 Å². The second-order valence-corrected chi connectivity index (χ2v) is 13.3. The zero-order valence-corrected chi connectivity index (χ0v) is 21.8. The van der Waals surface area contributed by atoms with E-state index in [1.165, 1.54) is 10.6 Å². The molecule has 0 N–H and O–H groups in total. The molecule has 0 aliphatic carbocycles. The molecule has 3 nitrogen and oxygen atoms in total. The van der Waals surface area contributed by atoms with E-state index in [0.717, 1.165) is 32.3 Å². The monoisotopic (exact) mass is 501 g/mol. The maximum Gasteiger partial charge on any atom is 0.133 e. The molecule has 0 amide bonds. The van der Waals surface area contributed by atoms with Crippen LogP contribution in [0.3, 0.4) is 0 Å². The van der Waals surface area contributed by atoms with Crippen LogP contribution in [0.15, 0.2) is 127 Å². The zero-order chi connectivity index (χ0) is 25.8. The van der Waals surface area contributed by atoms with E-state index in [-0.39, 0.29) is 0 Å². The highest BCUT2D eigenvalue weighted by atomic mass is 31.2. The normalized spacial score (nSPS) is 11.2. The molecule has 0 heterocycles. The van der Waals surface area contributed by atoms with Crippen LogP contribution in [-0.2, 0) is 0 Å². The molecular weight excluding hydrogens is 474 g/mol. The van der Waals surface area contributed by atoms with Crippen molar-refractivity contribution in [2.45, 2.75) is 0 Å². The molecule has 0 atom stereocenters. The molecule has 0 unspecified atom stereocenters. The molecule has 6 aromatic rings. The highest BCUT2D eigenvalue weighted by Crippen LogP contribution is 2.48. The fraction of sp³-hybridized carbons (Fsp3) is 0.0625. The number of hydrogen-bond donors (Lipinski definition) is 0. The second-order valence-electron chi connectivity index (χ2n) is 9.37. The first-order valence-corrected chi connectivity index (χ1v) is 14.9. The number of fused-ring (bicyclic) bond motifs is 4. The number of rotatable bonds is 4. The number of hydrogen-bond acceptors (Lipinski definition) is 3. The van der Waals surface area contributed by atoms with Gasteiger partial charge >= 0.3 is 0 Å². The first kappa shape index (κ1) is 25.0. The van der Waals surface area contributed by atoms with Crippen LogP contribution in [0.1, 0.15) is 0 Å². The lowest BCUT2D eigenvalue weighted by Gasteiger charge is -2.27. The summed E-state index contributed by atoms with van der Waals surface area (Å²) in [6, 6.07) is 43.3. The predicted molar refractivity (Wildman–Crippen MR) is 156 cm³/mol. The van der Waals surface area contributed by atoms with Crippen molar-refractivity contribution in [1.29, 1.82) is 0 Å². The summed E-state index contributed by atoms with van der Waals surface area (Å²) in [7, 11) is -3.48. The fourth-order valence-electron chi connectivity index (χ4n) is 4.72. The van der Waals surface area contributed by atoms with Crippen LogP contribution in [0.5, 0.6) is 5.75 Å². The second kappa shape index (κ2) is 10.7. The third-order valence-corrected chi connectivity index (χ3v) is 9.89. The van der Waals surface area contributed by atoms with Gasteiger partial charge in [-0.2, -0.15) is 0 Å². The maximum atomic E-state index is 10.9. The number of benzene rings is 6. The van der Waals surface area contributed by atoms with Crippen molar-refractivity contribution in [3.05, 3.63) is 127 Å². The summed E-state index contributed by atoms with van der Waals surface area (Å²) in [6.07, 6.45) is 0. The van der Waals surface area contributed by atoms with Crippen molar-refractivity contribution in [2.75, 3.05) is 13.3 Å². The van der Waals surface area contributed by atoms with E-state index in [1.54, 1.807) is 12.1 Å². The SMILES string of the molecule is C[P+](C)(c1ccccc1)c1ccccc1.[O-]B([O-])Oc1cccc2ccc3cc4ccccc4cc3c12. The van der Waals surface area contributed by atoms with Crippen LogP contribution in [-0.4, -0.2) is 20.7 Å².